The van der Waals surface area contributed by atoms with Crippen LogP contribution in [-0.2, 0) is 14.9 Å². The van der Waals surface area contributed by atoms with Gasteiger partial charge in [-0.1, -0.05) is 40.2 Å². The van der Waals surface area contributed by atoms with E-state index >= 15 is 0 Å². The van der Waals surface area contributed by atoms with Gasteiger partial charge in [0.2, 0.25) is 0 Å². The summed E-state index contributed by atoms with van der Waals surface area (Å²) in [4.78, 5) is 12.0. The predicted molar refractivity (Wildman–Crippen MR) is 66.7 cm³/mol. The van der Waals surface area contributed by atoms with E-state index in [1.165, 1.54) is 12.7 Å². The molecule has 1 saturated carbocycles. The van der Waals surface area contributed by atoms with Crippen molar-refractivity contribution in [2.75, 3.05) is 7.11 Å². The van der Waals surface area contributed by atoms with Crippen LogP contribution in [0.4, 0.5) is 0 Å². The third-order valence-electron chi connectivity index (χ3n) is 3.25. The van der Waals surface area contributed by atoms with Crippen molar-refractivity contribution in [1.82, 2.24) is 0 Å². The Morgan fingerprint density at radius 3 is 2.31 bits per heavy atom. The maximum Gasteiger partial charge on any atom is 0.316 e. The number of rotatable bonds is 3. The number of benzene rings is 1. The molecule has 1 aromatic rings. The van der Waals surface area contributed by atoms with Gasteiger partial charge in [0.1, 0.15) is 0 Å². The van der Waals surface area contributed by atoms with Crippen LogP contribution in [0.1, 0.15) is 35.7 Å². The molecule has 1 aromatic carbocycles. The van der Waals surface area contributed by atoms with E-state index in [0.717, 1.165) is 18.4 Å². The SMILES string of the molecule is COC(=O)C1(c2ccc(C(C)Br)cc2)CC1. The highest BCUT2D eigenvalue weighted by Crippen LogP contribution is 2.49. The molecule has 2 rings (SSSR count). The van der Waals surface area contributed by atoms with Gasteiger partial charge in [0.25, 0.3) is 0 Å². The summed E-state index contributed by atoms with van der Waals surface area (Å²) in [6.45, 7) is 2.09. The summed E-state index contributed by atoms with van der Waals surface area (Å²) in [5.41, 5.74) is 1.96. The molecule has 16 heavy (non-hydrogen) atoms. The van der Waals surface area contributed by atoms with Crippen molar-refractivity contribution in [2.24, 2.45) is 0 Å². The first-order chi connectivity index (χ1) is 7.60. The maximum absolute atomic E-state index is 11.7. The van der Waals surface area contributed by atoms with Gasteiger partial charge in [-0.2, -0.15) is 0 Å². The molecule has 2 nitrogen and oxygen atoms in total. The normalized spacial score (nSPS) is 18.9. The van der Waals surface area contributed by atoms with Gasteiger partial charge >= 0.3 is 5.97 Å². The average Bonchev–Trinajstić information content (AvgIpc) is 3.09. The lowest BCUT2D eigenvalue weighted by atomic mass is 9.95. The number of hydrogen-bond acceptors (Lipinski definition) is 2. The highest BCUT2D eigenvalue weighted by atomic mass is 79.9. The van der Waals surface area contributed by atoms with Crippen LogP contribution in [0.15, 0.2) is 24.3 Å². The van der Waals surface area contributed by atoms with E-state index in [0.29, 0.717) is 4.83 Å². The van der Waals surface area contributed by atoms with Crippen molar-refractivity contribution in [3.63, 3.8) is 0 Å². The number of esters is 1. The molecule has 0 N–H and O–H groups in total. The van der Waals surface area contributed by atoms with Crippen LogP contribution in [0.3, 0.4) is 0 Å². The lowest BCUT2D eigenvalue weighted by Gasteiger charge is -2.13. The van der Waals surface area contributed by atoms with Crippen LogP contribution in [0.2, 0.25) is 0 Å². The van der Waals surface area contributed by atoms with Crippen molar-refractivity contribution in [3.8, 4) is 0 Å². The first kappa shape index (κ1) is 11.6. The van der Waals surface area contributed by atoms with Gasteiger partial charge in [-0.15, -0.1) is 0 Å². The minimum atomic E-state index is -0.344. The number of alkyl halides is 1. The zero-order valence-corrected chi connectivity index (χ0v) is 11.1. The van der Waals surface area contributed by atoms with Crippen molar-refractivity contribution < 1.29 is 9.53 Å². The van der Waals surface area contributed by atoms with Gasteiger partial charge in [0, 0.05) is 4.83 Å². The van der Waals surface area contributed by atoms with E-state index < -0.39 is 0 Å². The fourth-order valence-corrected chi connectivity index (χ4v) is 2.30. The highest BCUT2D eigenvalue weighted by molar-refractivity contribution is 9.09. The quantitative estimate of drug-likeness (QED) is 0.628. The van der Waals surface area contributed by atoms with Crippen LogP contribution in [0.25, 0.3) is 0 Å². The molecule has 0 heterocycles. The Kier molecular flexibility index (Phi) is 3.06. The van der Waals surface area contributed by atoms with E-state index in [2.05, 4.69) is 35.0 Å². The first-order valence-electron chi connectivity index (χ1n) is 5.43. The lowest BCUT2D eigenvalue weighted by Crippen LogP contribution is -2.21. The predicted octanol–water partition coefficient (Wildman–Crippen LogP) is 3.35. The second-order valence-electron chi connectivity index (χ2n) is 4.31. The van der Waals surface area contributed by atoms with Gasteiger partial charge in [-0.3, -0.25) is 4.79 Å². The molecule has 1 atom stereocenters. The number of carbonyl (C=O) groups is 1. The number of ether oxygens (including phenoxy) is 1. The molecule has 0 radical (unpaired) electrons. The van der Waals surface area contributed by atoms with Crippen molar-refractivity contribution in [1.29, 1.82) is 0 Å². The maximum atomic E-state index is 11.7. The summed E-state index contributed by atoms with van der Waals surface area (Å²) < 4.78 is 4.86. The Morgan fingerprint density at radius 2 is 1.94 bits per heavy atom. The average molecular weight is 283 g/mol. The lowest BCUT2D eigenvalue weighted by molar-refractivity contribution is -0.143. The van der Waals surface area contributed by atoms with Crippen molar-refractivity contribution in [3.05, 3.63) is 35.4 Å². The summed E-state index contributed by atoms with van der Waals surface area (Å²) in [5, 5.41) is 0. The minimum absolute atomic E-state index is 0.104. The standard InChI is InChI=1S/C13H15BrO2/c1-9(14)10-3-5-11(6-4-10)13(7-8-13)12(15)16-2/h3-6,9H,7-8H2,1-2H3. The zero-order chi connectivity index (χ0) is 11.8. The molecule has 1 unspecified atom stereocenters. The van der Waals surface area contributed by atoms with Crippen LogP contribution in [-0.4, -0.2) is 13.1 Å². The molecule has 86 valence electrons. The molecule has 0 aromatic heterocycles. The van der Waals surface area contributed by atoms with E-state index in [4.69, 9.17) is 4.74 Å². The van der Waals surface area contributed by atoms with Gasteiger partial charge in [-0.05, 0) is 30.9 Å². The Morgan fingerprint density at radius 1 is 1.38 bits per heavy atom. The van der Waals surface area contributed by atoms with Crippen molar-refractivity contribution in [2.45, 2.75) is 30.0 Å². The summed E-state index contributed by atoms with van der Waals surface area (Å²) in [6.07, 6.45) is 1.81. The zero-order valence-electron chi connectivity index (χ0n) is 9.50. The highest BCUT2D eigenvalue weighted by Gasteiger charge is 2.52. The Bertz CT molecular complexity index is 391. The number of halogens is 1. The molecule has 1 aliphatic carbocycles. The summed E-state index contributed by atoms with van der Waals surface area (Å²) in [5.74, 6) is -0.104. The van der Waals surface area contributed by atoms with E-state index in [9.17, 15) is 4.79 Å². The summed E-state index contributed by atoms with van der Waals surface area (Å²) >= 11 is 3.52. The fraction of sp³-hybridized carbons (Fsp3) is 0.462. The molecular weight excluding hydrogens is 268 g/mol. The van der Waals surface area contributed by atoms with Crippen LogP contribution in [0.5, 0.6) is 0 Å². The molecule has 0 aliphatic heterocycles. The molecular formula is C13H15BrO2. The Labute approximate surface area is 104 Å². The third-order valence-corrected chi connectivity index (χ3v) is 3.78. The van der Waals surface area contributed by atoms with Crippen LogP contribution in [0, 0.1) is 0 Å². The Hall–Kier alpha value is -0.830. The number of methoxy groups -OCH3 is 1. The molecule has 3 heteroatoms. The molecule has 0 bridgehead atoms. The second kappa shape index (κ2) is 4.21. The monoisotopic (exact) mass is 282 g/mol. The molecule has 1 fully saturated rings. The van der Waals surface area contributed by atoms with Gasteiger partial charge in [-0.25, -0.2) is 0 Å². The molecule has 1 aliphatic rings. The Balaban J connectivity index is 2.25. The third kappa shape index (κ3) is 1.88. The molecule has 0 amide bonds. The second-order valence-corrected chi connectivity index (χ2v) is 5.69. The van der Waals surface area contributed by atoms with E-state index in [-0.39, 0.29) is 11.4 Å². The molecule has 0 saturated heterocycles. The smallest absolute Gasteiger partial charge is 0.316 e. The van der Waals surface area contributed by atoms with Gasteiger partial charge in [0.15, 0.2) is 0 Å². The van der Waals surface area contributed by atoms with Gasteiger partial charge < -0.3 is 4.74 Å². The van der Waals surface area contributed by atoms with Crippen LogP contribution >= 0.6 is 15.9 Å². The first-order valence-corrected chi connectivity index (χ1v) is 6.34. The largest absolute Gasteiger partial charge is 0.468 e. The summed E-state index contributed by atoms with van der Waals surface area (Å²) in [7, 11) is 1.46. The summed E-state index contributed by atoms with van der Waals surface area (Å²) in [6, 6.07) is 8.21. The fourth-order valence-electron chi connectivity index (χ4n) is 2.00. The number of hydrogen-bond donors (Lipinski definition) is 0. The van der Waals surface area contributed by atoms with Crippen LogP contribution < -0.4 is 0 Å². The molecule has 0 spiro atoms. The minimum Gasteiger partial charge on any atom is -0.468 e. The van der Waals surface area contributed by atoms with Crippen molar-refractivity contribution >= 4 is 21.9 Å². The van der Waals surface area contributed by atoms with Gasteiger partial charge in [0.05, 0.1) is 12.5 Å². The van der Waals surface area contributed by atoms with E-state index in [1.54, 1.807) is 0 Å². The number of carbonyl (C=O) groups excluding carboxylic acids is 1. The topological polar surface area (TPSA) is 26.3 Å². The van der Waals surface area contributed by atoms with E-state index in [1.807, 2.05) is 12.1 Å².